The first-order chi connectivity index (χ1) is 7.74. The highest BCUT2D eigenvalue weighted by molar-refractivity contribution is 5.79. The van der Waals surface area contributed by atoms with Gasteiger partial charge in [-0.3, -0.25) is 0 Å². The number of rotatable bonds is 6. The summed E-state index contributed by atoms with van der Waals surface area (Å²) < 4.78 is 13.1. The molecule has 0 aliphatic carbocycles. The number of amidine groups is 1. The van der Waals surface area contributed by atoms with Crippen molar-refractivity contribution in [3.05, 3.63) is 30.1 Å². The molecule has 4 nitrogen and oxygen atoms in total. The van der Waals surface area contributed by atoms with Crippen molar-refractivity contribution in [1.29, 1.82) is 0 Å². The molecule has 0 saturated heterocycles. The molecule has 5 heteroatoms. The number of unbranched alkanes of at least 4 members (excludes halogenated alkanes) is 1. The number of nitrogens with two attached hydrogens (primary N) is 1. The van der Waals surface area contributed by atoms with Crippen LogP contribution in [0, 0.1) is 5.82 Å². The van der Waals surface area contributed by atoms with Gasteiger partial charge in [0.1, 0.15) is 11.7 Å². The van der Waals surface area contributed by atoms with E-state index in [2.05, 4.69) is 10.5 Å². The Morgan fingerprint density at radius 1 is 1.38 bits per heavy atom. The quantitative estimate of drug-likeness (QED) is 0.228. The molecule has 0 aliphatic rings. The first kappa shape index (κ1) is 12.3. The van der Waals surface area contributed by atoms with Crippen LogP contribution in [0.25, 0.3) is 0 Å². The fraction of sp³-hybridized carbons (Fsp3) is 0.364. The van der Waals surface area contributed by atoms with Gasteiger partial charge in [0, 0.05) is 13.0 Å². The predicted octanol–water partition coefficient (Wildman–Crippen LogP) is 2.15. The predicted molar refractivity (Wildman–Crippen MR) is 62.1 cm³/mol. The van der Waals surface area contributed by atoms with Gasteiger partial charge in [-0.05, 0) is 25.0 Å². The van der Waals surface area contributed by atoms with E-state index in [1.54, 1.807) is 18.2 Å². The standard InChI is InChI=1S/C11H16FN3O/c12-9-5-1-2-6-10(9)14-8-4-3-7-11(13)15-16/h1-2,5-6,14,16H,3-4,7-8H2,(H2,13,15). The maximum Gasteiger partial charge on any atom is 0.146 e. The van der Waals surface area contributed by atoms with Crippen molar-refractivity contribution in [2.75, 3.05) is 11.9 Å². The largest absolute Gasteiger partial charge is 0.409 e. The van der Waals surface area contributed by atoms with Crippen LogP contribution in [0.5, 0.6) is 0 Å². The Bertz CT molecular complexity index is 355. The van der Waals surface area contributed by atoms with Gasteiger partial charge in [0.15, 0.2) is 0 Å². The highest BCUT2D eigenvalue weighted by atomic mass is 19.1. The summed E-state index contributed by atoms with van der Waals surface area (Å²) in [6.07, 6.45) is 2.19. The third-order valence-corrected chi connectivity index (χ3v) is 2.18. The van der Waals surface area contributed by atoms with Gasteiger partial charge in [0.25, 0.3) is 0 Å². The molecule has 0 bridgehead atoms. The van der Waals surface area contributed by atoms with Gasteiger partial charge in [-0.2, -0.15) is 0 Å². The topological polar surface area (TPSA) is 70.6 Å². The fourth-order valence-electron chi connectivity index (χ4n) is 1.31. The van der Waals surface area contributed by atoms with E-state index in [9.17, 15) is 4.39 Å². The van der Waals surface area contributed by atoms with E-state index < -0.39 is 0 Å². The average Bonchev–Trinajstić information content (AvgIpc) is 2.30. The van der Waals surface area contributed by atoms with Crippen LogP contribution >= 0.6 is 0 Å². The van der Waals surface area contributed by atoms with E-state index in [-0.39, 0.29) is 11.7 Å². The van der Waals surface area contributed by atoms with Crippen LogP contribution in [0.1, 0.15) is 19.3 Å². The maximum absolute atomic E-state index is 13.1. The van der Waals surface area contributed by atoms with Crippen molar-refractivity contribution in [3.8, 4) is 0 Å². The molecule has 1 aromatic rings. The Morgan fingerprint density at radius 2 is 2.12 bits per heavy atom. The Kier molecular flexibility index (Phi) is 5.11. The van der Waals surface area contributed by atoms with Crippen molar-refractivity contribution in [2.45, 2.75) is 19.3 Å². The minimum absolute atomic E-state index is 0.228. The van der Waals surface area contributed by atoms with Crippen molar-refractivity contribution >= 4 is 11.5 Å². The van der Waals surface area contributed by atoms with Gasteiger partial charge < -0.3 is 16.3 Å². The minimum atomic E-state index is -0.251. The van der Waals surface area contributed by atoms with Gasteiger partial charge in [0.2, 0.25) is 0 Å². The smallest absolute Gasteiger partial charge is 0.146 e. The highest BCUT2D eigenvalue weighted by Crippen LogP contribution is 2.12. The molecule has 0 saturated carbocycles. The van der Waals surface area contributed by atoms with Crippen LogP contribution in [0.2, 0.25) is 0 Å². The number of hydrogen-bond donors (Lipinski definition) is 3. The molecular formula is C11H16FN3O. The molecule has 0 radical (unpaired) electrons. The molecule has 0 spiro atoms. The Labute approximate surface area is 94.0 Å². The van der Waals surface area contributed by atoms with Crippen LogP contribution in [-0.4, -0.2) is 17.6 Å². The number of anilines is 1. The minimum Gasteiger partial charge on any atom is -0.409 e. The van der Waals surface area contributed by atoms with Crippen LogP contribution in [0.3, 0.4) is 0 Å². The van der Waals surface area contributed by atoms with Crippen LogP contribution in [-0.2, 0) is 0 Å². The second-order valence-electron chi connectivity index (χ2n) is 3.46. The summed E-state index contributed by atoms with van der Waals surface area (Å²) >= 11 is 0. The monoisotopic (exact) mass is 225 g/mol. The lowest BCUT2D eigenvalue weighted by Gasteiger charge is -2.06. The second-order valence-corrected chi connectivity index (χ2v) is 3.46. The fourth-order valence-corrected chi connectivity index (χ4v) is 1.31. The van der Waals surface area contributed by atoms with Gasteiger partial charge >= 0.3 is 0 Å². The lowest BCUT2D eigenvalue weighted by Crippen LogP contribution is -2.12. The number of nitrogens with one attached hydrogen (secondary N) is 1. The molecule has 0 atom stereocenters. The molecule has 16 heavy (non-hydrogen) atoms. The third kappa shape index (κ3) is 4.16. The first-order valence-corrected chi connectivity index (χ1v) is 5.19. The molecule has 4 N–H and O–H groups in total. The summed E-state index contributed by atoms with van der Waals surface area (Å²) in [5, 5.41) is 14.2. The molecule has 0 aliphatic heterocycles. The van der Waals surface area contributed by atoms with Crippen LogP contribution in [0.15, 0.2) is 29.4 Å². The summed E-state index contributed by atoms with van der Waals surface area (Å²) in [6.45, 7) is 0.666. The summed E-state index contributed by atoms with van der Waals surface area (Å²) in [7, 11) is 0. The van der Waals surface area contributed by atoms with Crippen molar-refractivity contribution < 1.29 is 9.60 Å². The van der Waals surface area contributed by atoms with Gasteiger partial charge in [-0.25, -0.2) is 4.39 Å². The average molecular weight is 225 g/mol. The highest BCUT2D eigenvalue weighted by Gasteiger charge is 1.99. The third-order valence-electron chi connectivity index (χ3n) is 2.18. The number of nitrogens with zero attached hydrogens (tertiary/aromatic N) is 1. The first-order valence-electron chi connectivity index (χ1n) is 5.19. The maximum atomic E-state index is 13.1. The normalized spacial score (nSPS) is 11.4. The van der Waals surface area contributed by atoms with Crippen molar-refractivity contribution in [1.82, 2.24) is 0 Å². The number of para-hydroxylation sites is 1. The van der Waals surface area contributed by atoms with Crippen LogP contribution < -0.4 is 11.1 Å². The summed E-state index contributed by atoms with van der Waals surface area (Å²) in [5.74, 6) is -0.0233. The van der Waals surface area contributed by atoms with E-state index >= 15 is 0 Å². The second kappa shape index (κ2) is 6.66. The molecular weight excluding hydrogens is 209 g/mol. The zero-order valence-electron chi connectivity index (χ0n) is 8.99. The zero-order valence-corrected chi connectivity index (χ0v) is 8.99. The Morgan fingerprint density at radius 3 is 2.81 bits per heavy atom. The molecule has 1 rings (SSSR count). The number of halogens is 1. The van der Waals surface area contributed by atoms with E-state index in [0.29, 0.717) is 18.7 Å². The number of hydrogen-bond acceptors (Lipinski definition) is 3. The number of oxime groups is 1. The lowest BCUT2D eigenvalue weighted by atomic mass is 10.2. The SMILES string of the molecule is NC(CCCCNc1ccccc1F)=NO. The van der Waals surface area contributed by atoms with E-state index in [0.717, 1.165) is 12.8 Å². The summed E-state index contributed by atoms with van der Waals surface area (Å²) in [5.41, 5.74) is 5.82. The number of benzene rings is 1. The lowest BCUT2D eigenvalue weighted by molar-refractivity contribution is 0.316. The summed E-state index contributed by atoms with van der Waals surface area (Å²) in [4.78, 5) is 0. The van der Waals surface area contributed by atoms with E-state index in [1.807, 2.05) is 0 Å². The Balaban J connectivity index is 2.19. The molecule has 0 amide bonds. The molecule has 0 unspecified atom stereocenters. The van der Waals surface area contributed by atoms with Crippen LogP contribution in [0.4, 0.5) is 10.1 Å². The molecule has 0 fully saturated rings. The van der Waals surface area contributed by atoms with Gasteiger partial charge in [0.05, 0.1) is 5.69 Å². The molecule has 0 aromatic heterocycles. The van der Waals surface area contributed by atoms with Crippen molar-refractivity contribution in [2.24, 2.45) is 10.9 Å². The van der Waals surface area contributed by atoms with E-state index in [1.165, 1.54) is 6.07 Å². The zero-order chi connectivity index (χ0) is 11.8. The summed E-state index contributed by atoms with van der Waals surface area (Å²) in [6, 6.07) is 6.54. The molecule has 88 valence electrons. The molecule has 0 heterocycles. The van der Waals surface area contributed by atoms with E-state index in [4.69, 9.17) is 10.9 Å². The van der Waals surface area contributed by atoms with Gasteiger partial charge in [-0.15, -0.1) is 0 Å². The van der Waals surface area contributed by atoms with Gasteiger partial charge in [-0.1, -0.05) is 17.3 Å². The Hall–Kier alpha value is -1.78. The molecule has 1 aromatic carbocycles. The van der Waals surface area contributed by atoms with Crippen molar-refractivity contribution in [3.63, 3.8) is 0 Å².